The first-order chi connectivity index (χ1) is 12.9. The fourth-order valence-corrected chi connectivity index (χ4v) is 4.82. The van der Waals surface area contributed by atoms with Gasteiger partial charge in [-0.1, -0.05) is 19.1 Å². The number of anilines is 2. The molecule has 142 valence electrons. The minimum atomic E-state index is -3.59. The Morgan fingerprint density at radius 3 is 2.63 bits per heavy atom. The van der Waals surface area contributed by atoms with E-state index in [1.165, 1.54) is 17.8 Å². The van der Waals surface area contributed by atoms with E-state index in [0.717, 1.165) is 16.9 Å². The maximum Gasteiger partial charge on any atom is 0.234 e. The molecule has 0 aromatic heterocycles. The number of benzene rings is 2. The molecule has 1 aliphatic rings. The van der Waals surface area contributed by atoms with Gasteiger partial charge in [0.05, 0.1) is 22.1 Å². The Hall–Kier alpha value is -2.32. The molecule has 1 aliphatic heterocycles. The molecule has 2 aromatic carbocycles. The third kappa shape index (κ3) is 4.90. The van der Waals surface area contributed by atoms with Crippen LogP contribution in [0.25, 0.3) is 0 Å². The number of carbonyl (C=O) groups excluding carboxylic acids is 2. The number of sulfone groups is 1. The number of hydrogen-bond donors (Lipinski definition) is 2. The standard InChI is InChI=1S/C19H20N2O4S2/c1-2-13-3-5-14(6-4-13)20-18(22)9-10-27(24,25)15-7-8-16-17(11-15)26-12-19(23)21-16/h3-8,11H,2,9-10,12H2,1H3,(H,20,22)(H,21,23). The predicted octanol–water partition coefficient (Wildman–Crippen LogP) is 3.10. The summed E-state index contributed by atoms with van der Waals surface area (Å²) in [7, 11) is -3.59. The summed E-state index contributed by atoms with van der Waals surface area (Å²) in [5.41, 5.74) is 2.43. The lowest BCUT2D eigenvalue weighted by molar-refractivity contribution is -0.116. The molecule has 0 radical (unpaired) electrons. The number of amides is 2. The Kier molecular flexibility index (Phi) is 5.86. The van der Waals surface area contributed by atoms with Crippen LogP contribution in [-0.2, 0) is 25.8 Å². The zero-order valence-corrected chi connectivity index (χ0v) is 16.5. The normalized spacial score (nSPS) is 13.6. The highest BCUT2D eigenvalue weighted by Gasteiger charge is 2.21. The van der Waals surface area contributed by atoms with Gasteiger partial charge in [0.1, 0.15) is 0 Å². The van der Waals surface area contributed by atoms with Crippen molar-refractivity contribution in [2.75, 3.05) is 22.1 Å². The van der Waals surface area contributed by atoms with E-state index in [9.17, 15) is 18.0 Å². The van der Waals surface area contributed by atoms with Crippen LogP contribution in [0.5, 0.6) is 0 Å². The van der Waals surface area contributed by atoms with Crippen molar-refractivity contribution in [2.45, 2.75) is 29.6 Å². The Morgan fingerprint density at radius 1 is 1.19 bits per heavy atom. The SMILES string of the molecule is CCc1ccc(NC(=O)CCS(=O)(=O)c2ccc3c(c2)SCC(=O)N3)cc1. The molecule has 3 rings (SSSR count). The number of aryl methyl sites for hydroxylation is 1. The number of hydrogen-bond acceptors (Lipinski definition) is 5. The Balaban J connectivity index is 1.62. The highest BCUT2D eigenvalue weighted by Crippen LogP contribution is 2.33. The molecule has 1 heterocycles. The molecule has 0 saturated carbocycles. The van der Waals surface area contributed by atoms with E-state index in [1.807, 2.05) is 19.1 Å². The van der Waals surface area contributed by atoms with E-state index in [4.69, 9.17) is 0 Å². The van der Waals surface area contributed by atoms with Gasteiger partial charge in [-0.2, -0.15) is 0 Å². The molecular weight excluding hydrogens is 384 g/mol. The lowest BCUT2D eigenvalue weighted by atomic mass is 10.1. The predicted molar refractivity (Wildman–Crippen MR) is 107 cm³/mol. The molecule has 0 aliphatic carbocycles. The van der Waals surface area contributed by atoms with Crippen LogP contribution in [0.4, 0.5) is 11.4 Å². The van der Waals surface area contributed by atoms with Crippen molar-refractivity contribution in [3.8, 4) is 0 Å². The fourth-order valence-electron chi connectivity index (χ4n) is 2.64. The highest BCUT2D eigenvalue weighted by molar-refractivity contribution is 8.00. The van der Waals surface area contributed by atoms with Crippen LogP contribution in [0.15, 0.2) is 52.3 Å². The minimum absolute atomic E-state index is 0.105. The van der Waals surface area contributed by atoms with Gasteiger partial charge in [0.2, 0.25) is 11.8 Å². The first-order valence-electron chi connectivity index (χ1n) is 8.55. The van der Waals surface area contributed by atoms with E-state index in [2.05, 4.69) is 10.6 Å². The lowest BCUT2D eigenvalue weighted by Gasteiger charge is -2.17. The monoisotopic (exact) mass is 404 g/mol. The average molecular weight is 405 g/mol. The molecule has 0 saturated heterocycles. The van der Waals surface area contributed by atoms with Crippen LogP contribution in [0.1, 0.15) is 18.9 Å². The number of fused-ring (bicyclic) bond motifs is 1. The van der Waals surface area contributed by atoms with Crippen molar-refractivity contribution in [1.29, 1.82) is 0 Å². The summed E-state index contributed by atoms with van der Waals surface area (Å²) in [4.78, 5) is 24.3. The molecule has 0 spiro atoms. The van der Waals surface area contributed by atoms with Crippen molar-refractivity contribution in [2.24, 2.45) is 0 Å². The summed E-state index contributed by atoms with van der Waals surface area (Å²) in [5.74, 6) is -0.466. The largest absolute Gasteiger partial charge is 0.326 e. The zero-order valence-electron chi connectivity index (χ0n) is 14.8. The van der Waals surface area contributed by atoms with Crippen LogP contribution in [0, 0.1) is 0 Å². The third-order valence-corrected chi connectivity index (χ3v) is 6.96. The smallest absolute Gasteiger partial charge is 0.234 e. The average Bonchev–Trinajstić information content (AvgIpc) is 2.66. The van der Waals surface area contributed by atoms with Crippen LogP contribution < -0.4 is 10.6 Å². The minimum Gasteiger partial charge on any atom is -0.326 e. The molecule has 0 unspecified atom stereocenters. The van der Waals surface area contributed by atoms with E-state index in [-0.39, 0.29) is 34.6 Å². The molecule has 6 nitrogen and oxygen atoms in total. The summed E-state index contributed by atoms with van der Waals surface area (Å²) in [5, 5.41) is 5.42. The molecule has 2 aromatic rings. The summed E-state index contributed by atoms with van der Waals surface area (Å²) in [6, 6.07) is 12.1. The third-order valence-electron chi connectivity index (χ3n) is 4.19. The topological polar surface area (TPSA) is 92.3 Å². The van der Waals surface area contributed by atoms with Crippen LogP contribution in [0.2, 0.25) is 0 Å². The Labute approximate surface area is 162 Å². The van der Waals surface area contributed by atoms with Crippen molar-refractivity contribution in [3.63, 3.8) is 0 Å². The van der Waals surface area contributed by atoms with Crippen LogP contribution in [0.3, 0.4) is 0 Å². The fraction of sp³-hybridized carbons (Fsp3) is 0.263. The first kappa shape index (κ1) is 19.4. The van der Waals surface area contributed by atoms with Gasteiger partial charge >= 0.3 is 0 Å². The van der Waals surface area contributed by atoms with Gasteiger partial charge in [-0.3, -0.25) is 9.59 Å². The van der Waals surface area contributed by atoms with Crippen molar-refractivity contribution >= 4 is 44.8 Å². The first-order valence-corrected chi connectivity index (χ1v) is 11.2. The summed E-state index contributed by atoms with van der Waals surface area (Å²) < 4.78 is 25.1. The second-order valence-electron chi connectivity index (χ2n) is 6.16. The van der Waals surface area contributed by atoms with Gasteiger partial charge in [-0.25, -0.2) is 8.42 Å². The van der Waals surface area contributed by atoms with E-state index in [1.54, 1.807) is 24.3 Å². The van der Waals surface area contributed by atoms with E-state index < -0.39 is 9.84 Å². The Bertz CT molecular complexity index is 970. The zero-order chi connectivity index (χ0) is 19.4. The molecule has 2 amide bonds. The number of carbonyl (C=O) groups is 2. The van der Waals surface area contributed by atoms with Crippen molar-refractivity contribution in [3.05, 3.63) is 48.0 Å². The maximum absolute atomic E-state index is 12.5. The summed E-state index contributed by atoms with van der Waals surface area (Å²) in [6.45, 7) is 2.05. The molecule has 0 fully saturated rings. The molecular formula is C19H20N2O4S2. The molecule has 0 atom stereocenters. The molecule has 0 bridgehead atoms. The summed E-state index contributed by atoms with van der Waals surface area (Å²) in [6.07, 6.45) is 0.786. The quantitative estimate of drug-likeness (QED) is 0.772. The maximum atomic E-state index is 12.5. The van der Waals surface area contributed by atoms with E-state index >= 15 is 0 Å². The van der Waals surface area contributed by atoms with E-state index in [0.29, 0.717) is 11.4 Å². The number of thioether (sulfide) groups is 1. The second kappa shape index (κ2) is 8.14. The second-order valence-corrected chi connectivity index (χ2v) is 9.29. The van der Waals surface area contributed by atoms with Gasteiger partial charge in [-0.05, 0) is 42.3 Å². The van der Waals surface area contributed by atoms with Crippen LogP contribution >= 0.6 is 11.8 Å². The molecule has 8 heteroatoms. The van der Waals surface area contributed by atoms with Crippen molar-refractivity contribution in [1.82, 2.24) is 0 Å². The van der Waals surface area contributed by atoms with Gasteiger partial charge < -0.3 is 10.6 Å². The van der Waals surface area contributed by atoms with Gasteiger partial charge in [0.25, 0.3) is 0 Å². The number of rotatable bonds is 6. The highest BCUT2D eigenvalue weighted by atomic mass is 32.2. The van der Waals surface area contributed by atoms with Gasteiger partial charge in [0.15, 0.2) is 9.84 Å². The van der Waals surface area contributed by atoms with Gasteiger partial charge in [-0.15, -0.1) is 11.8 Å². The number of nitrogens with one attached hydrogen (secondary N) is 2. The van der Waals surface area contributed by atoms with Crippen molar-refractivity contribution < 1.29 is 18.0 Å². The summed E-state index contributed by atoms with van der Waals surface area (Å²) >= 11 is 1.30. The van der Waals surface area contributed by atoms with Crippen LogP contribution in [-0.4, -0.2) is 31.7 Å². The molecule has 27 heavy (non-hydrogen) atoms. The molecule has 2 N–H and O–H groups in total. The Morgan fingerprint density at radius 2 is 1.93 bits per heavy atom. The lowest BCUT2D eigenvalue weighted by Crippen LogP contribution is -2.20. The van der Waals surface area contributed by atoms with Gasteiger partial charge in [0, 0.05) is 17.0 Å².